The van der Waals surface area contributed by atoms with E-state index in [9.17, 15) is 24.2 Å². The lowest BCUT2D eigenvalue weighted by Crippen LogP contribution is -2.55. The number of benzene rings is 1. The molecule has 3 heterocycles. The maximum Gasteiger partial charge on any atom is 0.350 e. The second-order valence-electron chi connectivity index (χ2n) is 9.14. The van der Waals surface area contributed by atoms with Crippen LogP contribution in [0.25, 0.3) is 11.3 Å². The lowest BCUT2D eigenvalue weighted by atomic mass is 9.87. The van der Waals surface area contributed by atoms with Crippen molar-refractivity contribution in [1.29, 1.82) is 0 Å². The topological polar surface area (TPSA) is 108 Å². The van der Waals surface area contributed by atoms with Crippen molar-refractivity contribution in [3.63, 3.8) is 0 Å². The van der Waals surface area contributed by atoms with Gasteiger partial charge in [-0.15, -0.1) is 11.6 Å². The first-order valence-electron chi connectivity index (χ1n) is 11.7. The Balaban J connectivity index is 1.71. The SMILES string of the molecule is C=CC(=O)N1CCN(c2nc(=O)n3c4c2CC(Cl)C(c2c(O)cccc2F)=C4OC[C@@H]3CO)[C@@H](C)C1. The quantitative estimate of drug-likeness (QED) is 0.472. The van der Waals surface area contributed by atoms with Crippen LogP contribution in [0.2, 0.25) is 0 Å². The molecule has 3 aliphatic rings. The van der Waals surface area contributed by atoms with Crippen LogP contribution in [-0.4, -0.2) is 74.8 Å². The lowest BCUT2D eigenvalue weighted by molar-refractivity contribution is -0.126. The van der Waals surface area contributed by atoms with E-state index in [1.165, 1.54) is 28.8 Å². The van der Waals surface area contributed by atoms with E-state index >= 15 is 0 Å². The number of allylic oxidation sites excluding steroid dienone is 1. The van der Waals surface area contributed by atoms with Gasteiger partial charge < -0.3 is 24.7 Å². The fourth-order valence-electron chi connectivity index (χ4n) is 5.31. The van der Waals surface area contributed by atoms with Crippen molar-refractivity contribution in [2.75, 3.05) is 37.7 Å². The van der Waals surface area contributed by atoms with Gasteiger partial charge in [-0.2, -0.15) is 4.98 Å². The highest BCUT2D eigenvalue weighted by Gasteiger charge is 2.41. The van der Waals surface area contributed by atoms with E-state index in [-0.39, 0.29) is 54.2 Å². The number of aliphatic hydroxyl groups is 1. The molecule has 5 rings (SSSR count). The number of hydrogen-bond acceptors (Lipinski definition) is 7. The van der Waals surface area contributed by atoms with Gasteiger partial charge in [0.1, 0.15) is 29.8 Å². The highest BCUT2D eigenvalue weighted by atomic mass is 35.5. The molecule has 2 aliphatic heterocycles. The summed E-state index contributed by atoms with van der Waals surface area (Å²) < 4.78 is 22.3. The van der Waals surface area contributed by atoms with Gasteiger partial charge in [0, 0.05) is 36.8 Å². The van der Waals surface area contributed by atoms with Gasteiger partial charge in [0.15, 0.2) is 0 Å². The molecule has 11 heteroatoms. The Morgan fingerprint density at radius 2 is 2.17 bits per heavy atom. The molecule has 1 aromatic heterocycles. The molecule has 2 aromatic rings. The smallest absolute Gasteiger partial charge is 0.350 e. The number of hydrogen-bond donors (Lipinski definition) is 2. The van der Waals surface area contributed by atoms with Gasteiger partial charge >= 0.3 is 5.69 Å². The van der Waals surface area contributed by atoms with E-state index in [4.69, 9.17) is 16.3 Å². The molecular weight excluding hydrogens is 491 g/mol. The highest BCUT2D eigenvalue weighted by Crippen LogP contribution is 2.47. The van der Waals surface area contributed by atoms with Crippen molar-refractivity contribution >= 4 is 34.7 Å². The lowest BCUT2D eigenvalue weighted by Gasteiger charge is -2.43. The first kappa shape index (κ1) is 24.3. The van der Waals surface area contributed by atoms with E-state index in [0.29, 0.717) is 36.7 Å². The van der Waals surface area contributed by atoms with E-state index in [0.717, 1.165) is 0 Å². The minimum atomic E-state index is -0.786. The number of alkyl halides is 1. The second-order valence-corrected chi connectivity index (χ2v) is 9.67. The number of aromatic hydroxyl groups is 1. The number of halogens is 2. The second kappa shape index (κ2) is 9.25. The van der Waals surface area contributed by atoms with E-state index < -0.39 is 22.9 Å². The molecule has 2 N–H and O–H groups in total. The summed E-state index contributed by atoms with van der Waals surface area (Å²) >= 11 is 6.82. The standard InChI is InChI=1S/C25H26ClFN4O5/c1-3-19(34)29-7-8-30(13(2)10-29)24-15-9-16(26)20(21-17(27)5-4-6-18(21)33)23-22(15)31(25(35)28-24)14(11-32)12-36-23/h3-6,13-14,16,32-33H,1,7-12H2,2H3/t13-,14-,16?/m0/s1. The molecule has 1 fully saturated rings. The molecule has 190 valence electrons. The summed E-state index contributed by atoms with van der Waals surface area (Å²) in [7, 11) is 0. The van der Waals surface area contributed by atoms with Crippen molar-refractivity contribution < 1.29 is 24.1 Å². The molecule has 3 atom stereocenters. The summed E-state index contributed by atoms with van der Waals surface area (Å²) in [5.74, 6) is -0.513. The average molecular weight is 517 g/mol. The molecule has 0 spiro atoms. The summed E-state index contributed by atoms with van der Waals surface area (Å²) in [5.41, 5.74) is 0.601. The molecule has 1 unspecified atom stereocenters. The van der Waals surface area contributed by atoms with Crippen LogP contribution < -0.4 is 10.6 Å². The Morgan fingerprint density at radius 3 is 2.83 bits per heavy atom. The van der Waals surface area contributed by atoms with Crippen molar-refractivity contribution in [2.24, 2.45) is 0 Å². The van der Waals surface area contributed by atoms with Gasteiger partial charge in [0.05, 0.1) is 29.3 Å². The van der Waals surface area contributed by atoms with E-state index in [1.54, 1.807) is 4.90 Å². The number of piperazine rings is 1. The summed E-state index contributed by atoms with van der Waals surface area (Å²) in [6.07, 6.45) is 1.46. The predicted molar refractivity (Wildman–Crippen MR) is 132 cm³/mol. The van der Waals surface area contributed by atoms with Crippen LogP contribution in [0.15, 0.2) is 35.6 Å². The van der Waals surface area contributed by atoms with Crippen molar-refractivity contribution in [1.82, 2.24) is 14.5 Å². The molecule has 0 radical (unpaired) electrons. The minimum Gasteiger partial charge on any atom is -0.507 e. The Labute approximate surface area is 211 Å². The third kappa shape index (κ3) is 3.75. The summed E-state index contributed by atoms with van der Waals surface area (Å²) in [4.78, 5) is 33.5. The summed E-state index contributed by atoms with van der Waals surface area (Å²) in [6.45, 7) is 6.35. The van der Waals surface area contributed by atoms with Crippen LogP contribution in [0.5, 0.6) is 5.75 Å². The van der Waals surface area contributed by atoms with Gasteiger partial charge in [-0.05, 0) is 31.6 Å². The first-order chi connectivity index (χ1) is 17.3. The van der Waals surface area contributed by atoms with Crippen LogP contribution in [0, 0.1) is 5.82 Å². The number of anilines is 1. The first-order valence-corrected chi connectivity index (χ1v) is 12.1. The number of aromatic nitrogens is 2. The Morgan fingerprint density at radius 1 is 1.39 bits per heavy atom. The molecule has 0 bridgehead atoms. The number of amides is 1. The average Bonchev–Trinajstić information content (AvgIpc) is 2.86. The van der Waals surface area contributed by atoms with Crippen LogP contribution in [0.1, 0.15) is 29.8 Å². The van der Waals surface area contributed by atoms with Gasteiger partial charge in [-0.1, -0.05) is 12.6 Å². The normalized spacial score (nSPS) is 23.3. The zero-order chi connectivity index (χ0) is 25.7. The third-order valence-electron chi connectivity index (χ3n) is 7.00. The number of rotatable bonds is 4. The van der Waals surface area contributed by atoms with E-state index in [2.05, 4.69) is 11.6 Å². The fourth-order valence-corrected chi connectivity index (χ4v) is 5.67. The fraction of sp³-hybridized carbons (Fsp3) is 0.400. The van der Waals surface area contributed by atoms with Crippen LogP contribution in [-0.2, 0) is 16.0 Å². The van der Waals surface area contributed by atoms with Gasteiger partial charge in [-0.25, -0.2) is 9.18 Å². The number of nitrogens with zero attached hydrogens (tertiary/aromatic N) is 4. The van der Waals surface area contributed by atoms with Gasteiger partial charge in [0.25, 0.3) is 0 Å². The molecule has 1 aliphatic carbocycles. The monoisotopic (exact) mass is 516 g/mol. The van der Waals surface area contributed by atoms with Crippen molar-refractivity contribution in [3.8, 4) is 5.75 Å². The maximum absolute atomic E-state index is 14.9. The van der Waals surface area contributed by atoms with Gasteiger partial charge in [0.2, 0.25) is 5.91 Å². The maximum atomic E-state index is 14.9. The van der Waals surface area contributed by atoms with Crippen LogP contribution in [0.4, 0.5) is 10.2 Å². The Kier molecular flexibility index (Phi) is 6.25. The molecule has 1 saturated heterocycles. The zero-order valence-electron chi connectivity index (χ0n) is 19.7. The molecule has 1 aromatic carbocycles. The third-order valence-corrected chi connectivity index (χ3v) is 7.38. The van der Waals surface area contributed by atoms with Crippen molar-refractivity contribution in [2.45, 2.75) is 30.8 Å². The molecule has 1 amide bonds. The molecule has 9 nitrogen and oxygen atoms in total. The number of phenolic OH excluding ortho intramolecular Hbond substituents is 1. The minimum absolute atomic E-state index is 0.0414. The number of phenols is 1. The Hall–Kier alpha value is -3.37. The number of aliphatic hydroxyl groups excluding tert-OH is 1. The van der Waals surface area contributed by atoms with Crippen LogP contribution >= 0.6 is 11.6 Å². The number of carbonyl (C=O) groups is 1. The summed E-state index contributed by atoms with van der Waals surface area (Å²) in [5, 5.41) is 19.7. The molecule has 36 heavy (non-hydrogen) atoms. The zero-order valence-corrected chi connectivity index (χ0v) is 20.4. The van der Waals surface area contributed by atoms with Gasteiger partial charge in [-0.3, -0.25) is 9.36 Å². The predicted octanol–water partition coefficient (Wildman–Crippen LogP) is 1.91. The van der Waals surface area contributed by atoms with E-state index in [1.807, 2.05) is 11.8 Å². The molecular formula is C25H26ClFN4O5. The number of carbonyl (C=O) groups excluding carboxylic acids is 1. The molecule has 0 saturated carbocycles. The largest absolute Gasteiger partial charge is 0.507 e. The Bertz CT molecular complexity index is 1320. The number of ether oxygens (including phenoxy) is 1. The highest BCUT2D eigenvalue weighted by molar-refractivity contribution is 6.29. The van der Waals surface area contributed by atoms with Crippen LogP contribution in [0.3, 0.4) is 0 Å². The summed E-state index contributed by atoms with van der Waals surface area (Å²) in [6, 6.07) is 3.13. The van der Waals surface area contributed by atoms with Crippen molar-refractivity contribution in [3.05, 3.63) is 64.0 Å².